The minimum absolute atomic E-state index is 0.473. The Morgan fingerprint density at radius 1 is 1.00 bits per heavy atom. The van der Waals surface area contributed by atoms with E-state index in [9.17, 15) is 0 Å². The van der Waals surface area contributed by atoms with Crippen molar-refractivity contribution in [3.8, 4) is 17.0 Å². The van der Waals surface area contributed by atoms with Crippen molar-refractivity contribution >= 4 is 44.5 Å². The molecule has 0 N–H and O–H groups in total. The van der Waals surface area contributed by atoms with Gasteiger partial charge in [-0.3, -0.25) is 0 Å². The Bertz CT molecular complexity index is 914. The first-order chi connectivity index (χ1) is 11.3. The minimum atomic E-state index is 0.473. The maximum Gasteiger partial charge on any atom is 0.184 e. The van der Waals surface area contributed by atoms with Crippen LogP contribution in [0.4, 0.5) is 0 Å². The van der Waals surface area contributed by atoms with E-state index in [1.807, 2.05) is 47.8 Å². The van der Waals surface area contributed by atoms with Crippen molar-refractivity contribution in [2.24, 2.45) is 0 Å². The van der Waals surface area contributed by atoms with Crippen LogP contribution in [0.1, 0.15) is 5.01 Å². The smallest absolute Gasteiger partial charge is 0.184 e. The molecule has 4 aromatic rings. The predicted molar refractivity (Wildman–Crippen MR) is 96.5 cm³/mol. The first-order valence-electron chi connectivity index (χ1n) is 6.97. The van der Waals surface area contributed by atoms with Gasteiger partial charge in [-0.1, -0.05) is 23.7 Å². The average Bonchev–Trinajstić information content (AvgIpc) is 3.19. The second kappa shape index (κ2) is 6.28. The Hall–Kier alpha value is -1.95. The van der Waals surface area contributed by atoms with Crippen molar-refractivity contribution in [2.45, 2.75) is 6.61 Å². The van der Waals surface area contributed by atoms with Crippen molar-refractivity contribution in [1.82, 2.24) is 9.97 Å². The summed E-state index contributed by atoms with van der Waals surface area (Å²) in [5.41, 5.74) is 2.94. The third kappa shape index (κ3) is 3.22. The lowest BCUT2D eigenvalue weighted by atomic mass is 10.2. The number of rotatable bonds is 4. The van der Waals surface area contributed by atoms with Gasteiger partial charge in [0.2, 0.25) is 0 Å². The highest BCUT2D eigenvalue weighted by atomic mass is 35.5. The zero-order valence-corrected chi connectivity index (χ0v) is 14.3. The topological polar surface area (TPSA) is 35.0 Å². The van der Waals surface area contributed by atoms with Gasteiger partial charge in [-0.15, -0.1) is 22.7 Å². The van der Waals surface area contributed by atoms with E-state index in [2.05, 4.69) is 16.0 Å². The maximum absolute atomic E-state index is 5.87. The van der Waals surface area contributed by atoms with E-state index in [1.165, 1.54) is 16.0 Å². The largest absolute Gasteiger partial charge is 0.486 e. The van der Waals surface area contributed by atoms with Crippen LogP contribution in [0, 0.1) is 0 Å². The van der Waals surface area contributed by atoms with Gasteiger partial charge < -0.3 is 4.74 Å². The van der Waals surface area contributed by atoms with Gasteiger partial charge in [0.1, 0.15) is 17.4 Å². The third-order valence-corrected chi connectivity index (χ3v) is 5.32. The minimum Gasteiger partial charge on any atom is -0.486 e. The van der Waals surface area contributed by atoms with Gasteiger partial charge in [-0.2, -0.15) is 0 Å². The van der Waals surface area contributed by atoms with Gasteiger partial charge in [0.15, 0.2) is 4.47 Å². The summed E-state index contributed by atoms with van der Waals surface area (Å²) in [4.78, 5) is 8.83. The molecule has 0 atom stereocenters. The molecule has 0 fully saturated rings. The molecule has 0 saturated carbocycles. The van der Waals surface area contributed by atoms with Crippen LogP contribution >= 0.6 is 34.3 Å². The first-order valence-corrected chi connectivity index (χ1v) is 9.04. The highest BCUT2D eigenvalue weighted by Gasteiger charge is 2.06. The molecule has 0 bridgehead atoms. The molecule has 3 nitrogen and oxygen atoms in total. The molecule has 0 radical (unpaired) electrons. The van der Waals surface area contributed by atoms with Crippen molar-refractivity contribution in [3.05, 3.63) is 63.4 Å². The summed E-state index contributed by atoms with van der Waals surface area (Å²) in [6, 6.07) is 16.0. The summed E-state index contributed by atoms with van der Waals surface area (Å²) in [6.07, 6.45) is 0. The van der Waals surface area contributed by atoms with E-state index in [1.54, 1.807) is 11.3 Å². The molecular weight excluding hydrogens is 348 g/mol. The zero-order chi connectivity index (χ0) is 15.6. The van der Waals surface area contributed by atoms with E-state index in [0.29, 0.717) is 11.1 Å². The molecule has 2 heterocycles. The van der Waals surface area contributed by atoms with Crippen LogP contribution in [0.3, 0.4) is 0 Å². The van der Waals surface area contributed by atoms with Crippen LogP contribution in [-0.2, 0) is 6.61 Å². The number of aromatic nitrogens is 2. The number of halogens is 1. The number of para-hydroxylation sites is 1. The molecular formula is C17H11ClN2OS2. The molecule has 23 heavy (non-hydrogen) atoms. The first kappa shape index (κ1) is 14.6. The molecule has 0 unspecified atom stereocenters. The summed E-state index contributed by atoms with van der Waals surface area (Å²) >= 11 is 8.96. The number of nitrogens with zero attached hydrogens (tertiary/aromatic N) is 2. The Balaban J connectivity index is 1.46. The van der Waals surface area contributed by atoms with Gasteiger partial charge in [-0.05, 0) is 36.4 Å². The van der Waals surface area contributed by atoms with Crippen LogP contribution < -0.4 is 4.74 Å². The summed E-state index contributed by atoms with van der Waals surface area (Å²) in [7, 11) is 0. The molecule has 0 aliphatic heterocycles. The Morgan fingerprint density at radius 2 is 1.83 bits per heavy atom. The molecule has 0 spiro atoms. The second-order valence-corrected chi connectivity index (χ2v) is 7.43. The molecule has 0 aliphatic carbocycles. The molecule has 0 amide bonds. The fourth-order valence-electron chi connectivity index (χ4n) is 2.23. The molecule has 0 aliphatic rings. The average molecular weight is 359 g/mol. The predicted octanol–water partition coefficient (Wildman–Crippen LogP) is 5.65. The molecule has 0 saturated heterocycles. The zero-order valence-electron chi connectivity index (χ0n) is 11.9. The van der Waals surface area contributed by atoms with E-state index in [4.69, 9.17) is 16.3 Å². The number of hydrogen-bond acceptors (Lipinski definition) is 5. The number of ether oxygens (including phenoxy) is 1. The molecule has 4 rings (SSSR count). The second-order valence-electron chi connectivity index (χ2n) is 4.87. The lowest BCUT2D eigenvalue weighted by Crippen LogP contribution is -1.94. The molecule has 114 valence electrons. The third-order valence-electron chi connectivity index (χ3n) is 3.33. The normalized spacial score (nSPS) is 11.0. The standard InChI is InChI=1S/C17H11ClN2OS2/c18-17-20-14(10-22-17)11-5-7-12(8-6-11)21-9-16-19-13-3-1-2-4-15(13)23-16/h1-8,10H,9H2. The van der Waals surface area contributed by atoms with Crippen molar-refractivity contribution < 1.29 is 4.74 Å². The Kier molecular flexibility index (Phi) is 3.99. The Morgan fingerprint density at radius 3 is 2.57 bits per heavy atom. The number of fused-ring (bicyclic) bond motifs is 1. The van der Waals surface area contributed by atoms with Gasteiger partial charge in [0.05, 0.1) is 15.9 Å². The lowest BCUT2D eigenvalue weighted by molar-refractivity contribution is 0.306. The number of thiazole rings is 2. The van der Waals surface area contributed by atoms with Crippen molar-refractivity contribution in [1.29, 1.82) is 0 Å². The van der Waals surface area contributed by atoms with E-state index in [-0.39, 0.29) is 0 Å². The summed E-state index contributed by atoms with van der Waals surface area (Å²) in [5.74, 6) is 0.814. The highest BCUT2D eigenvalue weighted by molar-refractivity contribution is 7.18. The van der Waals surface area contributed by atoms with Gasteiger partial charge in [-0.25, -0.2) is 9.97 Å². The van der Waals surface area contributed by atoms with Crippen LogP contribution in [0.15, 0.2) is 53.9 Å². The number of hydrogen-bond donors (Lipinski definition) is 0. The van der Waals surface area contributed by atoms with E-state index < -0.39 is 0 Å². The van der Waals surface area contributed by atoms with Gasteiger partial charge >= 0.3 is 0 Å². The molecule has 2 aromatic carbocycles. The van der Waals surface area contributed by atoms with Crippen LogP contribution in [0.25, 0.3) is 21.5 Å². The van der Waals surface area contributed by atoms with Crippen molar-refractivity contribution in [2.75, 3.05) is 0 Å². The van der Waals surface area contributed by atoms with Crippen LogP contribution in [-0.4, -0.2) is 9.97 Å². The summed E-state index contributed by atoms with van der Waals surface area (Å²) in [6.45, 7) is 0.473. The fraction of sp³-hybridized carbons (Fsp3) is 0.0588. The maximum atomic E-state index is 5.87. The summed E-state index contributed by atoms with van der Waals surface area (Å²) in [5, 5.41) is 2.92. The number of benzene rings is 2. The lowest BCUT2D eigenvalue weighted by Gasteiger charge is -2.04. The van der Waals surface area contributed by atoms with Crippen LogP contribution in [0.2, 0.25) is 4.47 Å². The van der Waals surface area contributed by atoms with E-state index in [0.717, 1.165) is 27.5 Å². The SMILES string of the molecule is Clc1nc(-c2ccc(OCc3nc4ccccc4s3)cc2)cs1. The molecule has 2 aromatic heterocycles. The Labute approximate surface area is 146 Å². The van der Waals surface area contributed by atoms with Gasteiger partial charge in [0.25, 0.3) is 0 Å². The van der Waals surface area contributed by atoms with E-state index >= 15 is 0 Å². The van der Waals surface area contributed by atoms with Gasteiger partial charge in [0, 0.05) is 10.9 Å². The quantitative estimate of drug-likeness (QED) is 0.472. The van der Waals surface area contributed by atoms with Crippen LogP contribution in [0.5, 0.6) is 5.75 Å². The fourth-order valence-corrected chi connectivity index (χ4v) is 3.89. The monoisotopic (exact) mass is 358 g/mol. The molecule has 6 heteroatoms. The van der Waals surface area contributed by atoms with Crippen molar-refractivity contribution in [3.63, 3.8) is 0 Å². The highest BCUT2D eigenvalue weighted by Crippen LogP contribution is 2.27. The summed E-state index contributed by atoms with van der Waals surface area (Å²) < 4.78 is 7.56.